The molecule has 29 heavy (non-hydrogen) atoms. The smallest absolute Gasteiger partial charge is 0.274 e. The van der Waals surface area contributed by atoms with Crippen LogP contribution < -0.4 is 22.1 Å². The lowest BCUT2D eigenvalue weighted by Crippen LogP contribution is -2.32. The van der Waals surface area contributed by atoms with Crippen molar-refractivity contribution in [1.82, 2.24) is 10.3 Å². The first-order chi connectivity index (χ1) is 13.7. The van der Waals surface area contributed by atoms with E-state index in [0.717, 1.165) is 6.07 Å². The van der Waals surface area contributed by atoms with Gasteiger partial charge >= 0.3 is 0 Å². The minimum absolute atomic E-state index is 0.0244. The number of pyridine rings is 1. The number of nitrogens with two attached hydrogens (primary N) is 2. The largest absolute Gasteiger partial charge is 0.506 e. The van der Waals surface area contributed by atoms with E-state index >= 15 is 0 Å². The van der Waals surface area contributed by atoms with Gasteiger partial charge in [0.2, 0.25) is 5.96 Å². The summed E-state index contributed by atoms with van der Waals surface area (Å²) in [4.78, 5) is 19.2. The Morgan fingerprint density at radius 3 is 2.72 bits per heavy atom. The van der Waals surface area contributed by atoms with E-state index in [1.54, 1.807) is 6.19 Å². The zero-order valence-electron chi connectivity index (χ0n) is 14.7. The lowest BCUT2D eigenvalue weighted by molar-refractivity contribution is -0.385. The first-order valence-corrected chi connectivity index (χ1v) is 8.65. The first kappa shape index (κ1) is 19.7. The summed E-state index contributed by atoms with van der Waals surface area (Å²) in [5.41, 5.74) is 11.9. The number of nitro benzene ring substituents is 1. The number of rotatable bonds is 2. The summed E-state index contributed by atoms with van der Waals surface area (Å²) >= 11 is 3.15. The number of phenols is 1. The van der Waals surface area contributed by atoms with Gasteiger partial charge in [0.15, 0.2) is 6.19 Å². The molecule has 12 nitrogen and oxygen atoms in total. The maximum atomic E-state index is 11.4. The molecule has 0 fully saturated rings. The quantitative estimate of drug-likeness (QED) is 0.190. The summed E-state index contributed by atoms with van der Waals surface area (Å²) in [5.74, 6) is -0.399. The molecule has 0 amide bonds. The number of nitro groups is 1. The van der Waals surface area contributed by atoms with E-state index in [0.29, 0.717) is 0 Å². The molecule has 146 valence electrons. The molecule has 1 atom stereocenters. The summed E-state index contributed by atoms with van der Waals surface area (Å²) in [5, 5.41) is 45.4. The van der Waals surface area contributed by atoms with Crippen molar-refractivity contribution in [2.45, 2.75) is 13.0 Å². The summed E-state index contributed by atoms with van der Waals surface area (Å²) in [6.45, 7) is 1.47. The van der Waals surface area contributed by atoms with Crippen molar-refractivity contribution in [2.75, 3.05) is 16.8 Å². The minimum Gasteiger partial charge on any atom is -0.506 e. The molecule has 1 aliphatic rings. The van der Waals surface area contributed by atoms with Crippen molar-refractivity contribution in [3.8, 4) is 18.0 Å². The Morgan fingerprint density at radius 1 is 1.45 bits per heavy atom. The fourth-order valence-corrected chi connectivity index (χ4v) is 3.38. The highest BCUT2D eigenvalue weighted by Crippen LogP contribution is 2.47. The van der Waals surface area contributed by atoms with Crippen LogP contribution >= 0.6 is 15.9 Å². The number of nitrogen functional groups attached to an aromatic ring is 2. The van der Waals surface area contributed by atoms with Crippen molar-refractivity contribution < 1.29 is 10.0 Å². The monoisotopic (exact) mass is 457 g/mol. The van der Waals surface area contributed by atoms with Gasteiger partial charge in [-0.25, -0.2) is 9.98 Å². The highest BCUT2D eigenvalue weighted by atomic mass is 79.9. The molecule has 0 saturated carbocycles. The van der Waals surface area contributed by atoms with Gasteiger partial charge in [-0.3, -0.25) is 15.4 Å². The fourth-order valence-electron chi connectivity index (χ4n) is 2.94. The molecule has 3 rings (SSSR count). The summed E-state index contributed by atoms with van der Waals surface area (Å²) in [7, 11) is 0. The van der Waals surface area contributed by atoms with Gasteiger partial charge in [0.1, 0.15) is 35.1 Å². The standard InChI is InChI=1S/C16H12BrN9O3/c1-5-8(26(28)29)2-6(13(27)10(5)17)12-9-11(20)7(3-18)14(21)24-15(9)25-16(23-12)22-4-19/h2,12,27H,1H3,(H6,20,21,22,23,24,25). The molecule has 1 aromatic heterocycles. The Hall–Kier alpha value is -4.10. The third-order valence-corrected chi connectivity index (χ3v) is 5.31. The number of benzene rings is 1. The lowest BCUT2D eigenvalue weighted by Gasteiger charge is -2.26. The first-order valence-electron chi connectivity index (χ1n) is 7.86. The molecule has 2 aromatic rings. The summed E-state index contributed by atoms with van der Waals surface area (Å²) < 4.78 is 0.106. The third-order valence-electron chi connectivity index (χ3n) is 4.34. The second-order valence-corrected chi connectivity index (χ2v) is 6.72. The predicted molar refractivity (Wildman–Crippen MR) is 107 cm³/mol. The van der Waals surface area contributed by atoms with Gasteiger partial charge in [0.05, 0.1) is 15.1 Å². The number of aromatic nitrogens is 1. The molecule has 0 bridgehead atoms. The zero-order valence-corrected chi connectivity index (χ0v) is 16.3. The van der Waals surface area contributed by atoms with E-state index in [9.17, 15) is 20.5 Å². The number of nitrogens with zero attached hydrogens (tertiary/aromatic N) is 5. The highest BCUT2D eigenvalue weighted by molar-refractivity contribution is 9.10. The number of nitrogens with one attached hydrogen (secondary N) is 2. The molecule has 2 heterocycles. The molecule has 0 aliphatic carbocycles. The molecule has 13 heteroatoms. The molecule has 1 unspecified atom stereocenters. The number of hydrogen-bond donors (Lipinski definition) is 5. The van der Waals surface area contributed by atoms with Gasteiger partial charge in [-0.05, 0) is 22.9 Å². The second-order valence-electron chi connectivity index (χ2n) is 5.93. The Kier molecular flexibility index (Phi) is 4.84. The Labute approximate surface area is 171 Å². The topological polar surface area (TPSA) is 212 Å². The van der Waals surface area contributed by atoms with Crippen LogP contribution in [0, 0.1) is 39.8 Å². The number of halogens is 1. The van der Waals surface area contributed by atoms with Crippen LogP contribution in [0.15, 0.2) is 15.5 Å². The van der Waals surface area contributed by atoms with Crippen LogP contribution in [0.5, 0.6) is 5.75 Å². The average molecular weight is 458 g/mol. The lowest BCUT2D eigenvalue weighted by atomic mass is 9.93. The second kappa shape index (κ2) is 7.14. The van der Waals surface area contributed by atoms with Crippen LogP contribution in [-0.4, -0.2) is 21.0 Å². The van der Waals surface area contributed by atoms with Gasteiger partial charge in [-0.15, -0.1) is 0 Å². The average Bonchev–Trinajstić information content (AvgIpc) is 2.66. The van der Waals surface area contributed by atoms with E-state index in [-0.39, 0.29) is 61.4 Å². The van der Waals surface area contributed by atoms with Crippen LogP contribution in [0.2, 0.25) is 0 Å². The van der Waals surface area contributed by atoms with E-state index in [1.165, 1.54) is 6.92 Å². The van der Waals surface area contributed by atoms with Crippen molar-refractivity contribution in [3.05, 3.63) is 42.9 Å². The molecule has 0 saturated heterocycles. The maximum absolute atomic E-state index is 11.4. The zero-order chi connectivity index (χ0) is 21.5. The number of fused-ring (bicyclic) bond motifs is 1. The predicted octanol–water partition coefficient (Wildman–Crippen LogP) is 1.74. The molecule has 0 spiro atoms. The normalized spacial score (nSPS) is 14.6. The van der Waals surface area contributed by atoms with Gasteiger partial charge in [0, 0.05) is 22.8 Å². The van der Waals surface area contributed by atoms with E-state index < -0.39 is 11.0 Å². The Balaban J connectivity index is 2.37. The number of aliphatic imine (C=N–C) groups is 1. The minimum atomic E-state index is -1.11. The number of nitriles is 2. The fraction of sp³-hybridized carbons (Fsp3) is 0.125. The van der Waals surface area contributed by atoms with Crippen LogP contribution in [0.25, 0.3) is 0 Å². The molecular formula is C16H12BrN9O3. The van der Waals surface area contributed by atoms with Gasteiger partial charge in [-0.2, -0.15) is 10.5 Å². The SMILES string of the molecule is Cc1c([N+](=O)[O-])cc(C2N=C(NC#N)Nc3nc(N)c(C#N)c(N)c32)c(O)c1Br. The summed E-state index contributed by atoms with van der Waals surface area (Å²) in [6, 6.07) is 1.89. The Morgan fingerprint density at radius 2 is 2.14 bits per heavy atom. The van der Waals surface area contributed by atoms with Crippen LogP contribution in [-0.2, 0) is 0 Å². The number of aromatic hydroxyl groups is 1. The van der Waals surface area contributed by atoms with E-state index in [2.05, 4.69) is 36.5 Å². The Bertz CT molecular complexity index is 1180. The van der Waals surface area contributed by atoms with Crippen molar-refractivity contribution in [1.29, 1.82) is 10.5 Å². The van der Waals surface area contributed by atoms with Gasteiger partial charge < -0.3 is 21.9 Å². The number of anilines is 3. The molecule has 7 N–H and O–H groups in total. The van der Waals surface area contributed by atoms with E-state index in [1.807, 2.05) is 6.07 Å². The number of phenolic OH excluding ortho intramolecular Hbond substituents is 1. The van der Waals surface area contributed by atoms with Crippen molar-refractivity contribution >= 4 is 44.9 Å². The van der Waals surface area contributed by atoms with Crippen LogP contribution in [0.3, 0.4) is 0 Å². The third kappa shape index (κ3) is 3.09. The van der Waals surface area contributed by atoms with Gasteiger partial charge in [0.25, 0.3) is 5.69 Å². The highest BCUT2D eigenvalue weighted by Gasteiger charge is 2.33. The molecule has 1 aromatic carbocycles. The molecular weight excluding hydrogens is 446 g/mol. The maximum Gasteiger partial charge on any atom is 0.274 e. The molecule has 0 radical (unpaired) electrons. The van der Waals surface area contributed by atoms with E-state index in [4.69, 9.17) is 16.7 Å². The number of hydrogen-bond acceptors (Lipinski definition) is 11. The summed E-state index contributed by atoms with van der Waals surface area (Å²) in [6.07, 6.45) is 1.69. The van der Waals surface area contributed by atoms with Crippen LogP contribution in [0.1, 0.15) is 28.3 Å². The van der Waals surface area contributed by atoms with Crippen LogP contribution in [0.4, 0.5) is 23.0 Å². The molecule has 1 aliphatic heterocycles. The number of guanidine groups is 1. The van der Waals surface area contributed by atoms with Crippen molar-refractivity contribution in [2.24, 2.45) is 4.99 Å². The van der Waals surface area contributed by atoms with Crippen molar-refractivity contribution in [3.63, 3.8) is 0 Å². The van der Waals surface area contributed by atoms with Gasteiger partial charge in [-0.1, -0.05) is 0 Å².